The van der Waals surface area contributed by atoms with Gasteiger partial charge >= 0.3 is 5.97 Å². The van der Waals surface area contributed by atoms with Crippen LogP contribution in [0.2, 0.25) is 0 Å². The van der Waals surface area contributed by atoms with Crippen molar-refractivity contribution in [1.82, 2.24) is 0 Å². The van der Waals surface area contributed by atoms with Crippen LogP contribution in [0.5, 0.6) is 5.75 Å². The minimum absolute atomic E-state index is 0.291. The fourth-order valence-corrected chi connectivity index (χ4v) is 3.87. The molecular formula is C24H22N2O3. The topological polar surface area (TPSA) is 62.1 Å². The molecule has 0 spiro atoms. The molecule has 146 valence electrons. The van der Waals surface area contributed by atoms with Crippen LogP contribution in [0.25, 0.3) is 0 Å². The molecule has 5 heteroatoms. The summed E-state index contributed by atoms with van der Waals surface area (Å²) in [6.07, 6.45) is 1.95. The molecule has 0 aromatic heterocycles. The average Bonchev–Trinajstić information content (AvgIpc) is 3.15. The van der Waals surface area contributed by atoms with Crippen molar-refractivity contribution in [1.29, 1.82) is 0 Å². The number of aliphatic imine (C=N–C) groups is 1. The van der Waals surface area contributed by atoms with Crippen LogP contribution >= 0.6 is 0 Å². The third kappa shape index (κ3) is 3.47. The highest BCUT2D eigenvalue weighted by Crippen LogP contribution is 2.43. The fraction of sp³-hybridized carbons (Fsp3) is 0.167. The Morgan fingerprint density at radius 1 is 1.00 bits per heavy atom. The number of rotatable bonds is 6. The maximum absolute atomic E-state index is 12.6. The van der Waals surface area contributed by atoms with Gasteiger partial charge in [-0.05, 0) is 35.4 Å². The quantitative estimate of drug-likeness (QED) is 0.684. The van der Waals surface area contributed by atoms with E-state index in [1.807, 2.05) is 89.8 Å². The first kappa shape index (κ1) is 18.7. The van der Waals surface area contributed by atoms with Gasteiger partial charge in [-0.15, -0.1) is 0 Å². The lowest BCUT2D eigenvalue weighted by Gasteiger charge is -2.35. The van der Waals surface area contributed by atoms with E-state index in [9.17, 15) is 9.90 Å². The molecule has 0 amide bonds. The van der Waals surface area contributed by atoms with Crippen LogP contribution < -0.4 is 9.64 Å². The lowest BCUT2D eigenvalue weighted by atomic mass is 9.80. The molecule has 4 rings (SSSR count). The Labute approximate surface area is 169 Å². The van der Waals surface area contributed by atoms with Crippen molar-refractivity contribution >= 4 is 18.0 Å². The number of benzene rings is 3. The zero-order chi connectivity index (χ0) is 20.3. The van der Waals surface area contributed by atoms with Crippen LogP contribution in [0.3, 0.4) is 0 Å². The molecule has 2 atom stereocenters. The number of carbonyl (C=O) groups is 1. The molecule has 29 heavy (non-hydrogen) atoms. The summed E-state index contributed by atoms with van der Waals surface area (Å²) >= 11 is 0. The average molecular weight is 386 g/mol. The number of aliphatic carboxylic acids is 1. The third-order valence-electron chi connectivity index (χ3n) is 5.32. The second-order valence-corrected chi connectivity index (χ2v) is 7.05. The Balaban J connectivity index is 1.83. The SMILES string of the molecule is COc1ccc(C2N(c3ccccc3)C=NC2(Cc2ccccc2)C(=O)O)cc1. The van der Waals surface area contributed by atoms with E-state index >= 15 is 0 Å². The number of carboxylic acid groups (broad SMARTS) is 1. The number of nitrogens with zero attached hydrogens (tertiary/aromatic N) is 2. The number of hydrogen-bond acceptors (Lipinski definition) is 4. The smallest absolute Gasteiger partial charge is 0.334 e. The van der Waals surface area contributed by atoms with E-state index in [1.165, 1.54) is 0 Å². The number of para-hydroxylation sites is 1. The van der Waals surface area contributed by atoms with Gasteiger partial charge in [0, 0.05) is 12.1 Å². The summed E-state index contributed by atoms with van der Waals surface area (Å²) in [5.74, 6) is -0.222. The molecule has 0 saturated carbocycles. The van der Waals surface area contributed by atoms with E-state index in [2.05, 4.69) is 4.99 Å². The third-order valence-corrected chi connectivity index (χ3v) is 5.32. The van der Waals surface area contributed by atoms with Crippen LogP contribution in [0.4, 0.5) is 5.69 Å². The fourth-order valence-electron chi connectivity index (χ4n) is 3.87. The van der Waals surface area contributed by atoms with Crippen LogP contribution in [0.1, 0.15) is 17.2 Å². The highest BCUT2D eigenvalue weighted by Gasteiger charge is 2.52. The minimum Gasteiger partial charge on any atom is -0.497 e. The summed E-state index contributed by atoms with van der Waals surface area (Å²) in [6, 6.07) is 26.4. The first-order valence-corrected chi connectivity index (χ1v) is 9.44. The van der Waals surface area contributed by atoms with Crippen molar-refractivity contribution in [2.45, 2.75) is 18.0 Å². The number of anilines is 1. The second kappa shape index (κ2) is 7.80. The lowest BCUT2D eigenvalue weighted by Crippen LogP contribution is -2.47. The van der Waals surface area contributed by atoms with Gasteiger partial charge in [0.15, 0.2) is 5.54 Å². The van der Waals surface area contributed by atoms with Crippen LogP contribution in [0.15, 0.2) is 89.9 Å². The predicted octanol–water partition coefficient (Wildman–Crippen LogP) is 4.35. The summed E-state index contributed by atoms with van der Waals surface area (Å²) in [4.78, 5) is 19.2. The van der Waals surface area contributed by atoms with E-state index in [1.54, 1.807) is 13.4 Å². The van der Waals surface area contributed by atoms with Crippen LogP contribution in [-0.4, -0.2) is 30.1 Å². The minimum atomic E-state index is -1.34. The van der Waals surface area contributed by atoms with Gasteiger partial charge in [-0.3, -0.25) is 4.99 Å². The Morgan fingerprint density at radius 2 is 1.62 bits per heavy atom. The van der Waals surface area contributed by atoms with Gasteiger partial charge in [0.1, 0.15) is 5.75 Å². The van der Waals surface area contributed by atoms with Crippen LogP contribution in [0, 0.1) is 0 Å². The Morgan fingerprint density at radius 3 is 2.21 bits per heavy atom. The summed E-state index contributed by atoms with van der Waals surface area (Å²) in [5.41, 5.74) is 1.35. The zero-order valence-corrected chi connectivity index (χ0v) is 16.1. The molecule has 1 heterocycles. The predicted molar refractivity (Wildman–Crippen MR) is 114 cm³/mol. The lowest BCUT2D eigenvalue weighted by molar-refractivity contribution is -0.143. The van der Waals surface area contributed by atoms with Gasteiger partial charge < -0.3 is 14.7 Å². The van der Waals surface area contributed by atoms with Crippen molar-refractivity contribution in [2.75, 3.05) is 12.0 Å². The highest BCUT2D eigenvalue weighted by atomic mass is 16.5. The molecule has 0 aliphatic carbocycles. The maximum Gasteiger partial charge on any atom is 0.334 e. The van der Waals surface area contributed by atoms with Gasteiger partial charge in [-0.1, -0.05) is 60.7 Å². The van der Waals surface area contributed by atoms with Crippen molar-refractivity contribution in [3.63, 3.8) is 0 Å². The van der Waals surface area contributed by atoms with Gasteiger partial charge in [0.2, 0.25) is 0 Å². The summed E-state index contributed by atoms with van der Waals surface area (Å²) < 4.78 is 5.28. The largest absolute Gasteiger partial charge is 0.497 e. The van der Waals surface area contributed by atoms with Crippen molar-refractivity contribution in [3.05, 3.63) is 96.1 Å². The molecule has 3 aromatic carbocycles. The standard InChI is InChI=1S/C24H22N2O3/c1-29-21-14-12-19(13-15-21)22-24(23(27)28,16-18-8-4-2-5-9-18)25-17-26(22)20-10-6-3-7-11-20/h2-15,17,22H,16H2,1H3,(H,27,28). The Kier molecular flexibility index (Phi) is 5.04. The van der Waals surface area contributed by atoms with E-state index in [-0.39, 0.29) is 0 Å². The van der Waals surface area contributed by atoms with Crippen LogP contribution in [-0.2, 0) is 11.2 Å². The first-order valence-electron chi connectivity index (χ1n) is 9.44. The number of hydrogen-bond donors (Lipinski definition) is 1. The molecule has 1 aliphatic heterocycles. The second-order valence-electron chi connectivity index (χ2n) is 7.05. The van der Waals surface area contributed by atoms with Gasteiger partial charge in [-0.25, -0.2) is 4.79 Å². The molecule has 1 aliphatic rings. The summed E-state index contributed by atoms with van der Waals surface area (Å²) in [5, 5.41) is 10.4. The molecule has 0 saturated heterocycles. The van der Waals surface area contributed by atoms with Gasteiger partial charge in [0.05, 0.1) is 19.5 Å². The van der Waals surface area contributed by atoms with Gasteiger partial charge in [0.25, 0.3) is 0 Å². The number of carboxylic acids is 1. The van der Waals surface area contributed by atoms with Crippen molar-refractivity contribution in [3.8, 4) is 5.75 Å². The first-order chi connectivity index (χ1) is 14.1. The molecule has 1 N–H and O–H groups in total. The van der Waals surface area contributed by atoms with E-state index in [0.29, 0.717) is 6.42 Å². The Hall–Kier alpha value is -3.60. The molecule has 0 bridgehead atoms. The van der Waals surface area contributed by atoms with E-state index in [4.69, 9.17) is 4.74 Å². The van der Waals surface area contributed by atoms with E-state index < -0.39 is 17.6 Å². The summed E-state index contributed by atoms with van der Waals surface area (Å²) in [7, 11) is 1.61. The Bertz CT molecular complexity index is 1000. The van der Waals surface area contributed by atoms with Crippen molar-refractivity contribution in [2.24, 2.45) is 4.99 Å². The normalized spacial score (nSPS) is 20.6. The molecular weight excluding hydrogens is 364 g/mol. The van der Waals surface area contributed by atoms with E-state index in [0.717, 1.165) is 22.6 Å². The molecule has 0 fully saturated rings. The zero-order valence-electron chi connectivity index (χ0n) is 16.1. The maximum atomic E-state index is 12.6. The highest BCUT2D eigenvalue weighted by molar-refractivity contribution is 5.93. The van der Waals surface area contributed by atoms with Crippen molar-refractivity contribution < 1.29 is 14.6 Å². The molecule has 5 nitrogen and oxygen atoms in total. The molecule has 0 radical (unpaired) electrons. The van der Waals surface area contributed by atoms with Gasteiger partial charge in [-0.2, -0.15) is 0 Å². The molecule has 2 unspecified atom stereocenters. The monoisotopic (exact) mass is 386 g/mol. The summed E-state index contributed by atoms with van der Waals surface area (Å²) in [6.45, 7) is 0. The number of ether oxygens (including phenoxy) is 1. The molecule has 3 aromatic rings. The number of methoxy groups -OCH3 is 1.